The van der Waals surface area contributed by atoms with Gasteiger partial charge in [-0.1, -0.05) is 27.7 Å². The van der Waals surface area contributed by atoms with Crippen molar-refractivity contribution in [3.05, 3.63) is 0 Å². The summed E-state index contributed by atoms with van der Waals surface area (Å²) < 4.78 is 62.5. The maximum atomic E-state index is 13.0. The zero-order chi connectivity index (χ0) is 25.6. The van der Waals surface area contributed by atoms with E-state index in [1.165, 1.54) is 18.5 Å². The van der Waals surface area contributed by atoms with Crippen LogP contribution in [0.3, 0.4) is 0 Å². The third-order valence-electron chi connectivity index (χ3n) is 5.02. The number of nitrogens with one attached hydrogen (secondary N) is 2. The molecule has 1 saturated heterocycles. The molecule has 2 amide bonds. The van der Waals surface area contributed by atoms with Gasteiger partial charge in [0.05, 0.1) is 11.2 Å². The van der Waals surface area contributed by atoms with E-state index in [1.807, 2.05) is 13.8 Å². The van der Waals surface area contributed by atoms with Gasteiger partial charge in [0.1, 0.15) is 6.04 Å². The molecule has 2 N–H and O–H groups in total. The van der Waals surface area contributed by atoms with Crippen LogP contribution in [0, 0.1) is 11.3 Å². The summed E-state index contributed by atoms with van der Waals surface area (Å²) in [6.07, 6.45) is -0.399. The largest absolute Gasteiger partial charge is 0.771 e. The van der Waals surface area contributed by atoms with Crippen molar-refractivity contribution >= 4 is 62.6 Å². The second kappa shape index (κ2) is 13.2. The Hall–Kier alpha value is -0.270. The third-order valence-corrected chi connectivity index (χ3v) is 10.3. The van der Waals surface area contributed by atoms with Crippen LogP contribution in [0.5, 0.6) is 0 Å². The highest BCUT2D eigenvalue weighted by Crippen LogP contribution is 2.60. The van der Waals surface area contributed by atoms with E-state index in [0.717, 1.165) is 0 Å². The van der Waals surface area contributed by atoms with Crippen molar-refractivity contribution < 1.29 is 36.4 Å². The number of nitrogens with zero attached hydrogens (tertiary/aromatic N) is 1. The smallest absolute Gasteiger partial charge is 0.407 e. The highest BCUT2D eigenvalue weighted by Gasteiger charge is 2.38. The number of carbonyl (C=O) groups excluding carboxylic acids is 2. The molecule has 0 aromatic rings. The highest BCUT2D eigenvalue weighted by atomic mass is 35.9. The summed E-state index contributed by atoms with van der Waals surface area (Å²) in [6, 6.07) is -1.61. The predicted octanol–water partition coefficient (Wildman–Crippen LogP) is 2.40. The van der Waals surface area contributed by atoms with E-state index in [-0.39, 0.29) is 38.1 Å². The van der Waals surface area contributed by atoms with Crippen molar-refractivity contribution in [2.24, 2.45) is 11.3 Å². The van der Waals surface area contributed by atoms with E-state index >= 15 is 0 Å². The van der Waals surface area contributed by atoms with Crippen molar-refractivity contribution in [1.82, 2.24) is 15.3 Å². The second-order valence-electron chi connectivity index (χ2n) is 8.91. The van der Waals surface area contributed by atoms with Crippen LogP contribution in [0.1, 0.15) is 47.0 Å². The molecule has 0 aliphatic carbocycles. The molecule has 1 aliphatic heterocycles. The lowest BCUT2D eigenvalue weighted by Crippen LogP contribution is -2.54. The minimum absolute atomic E-state index is 0.0413. The van der Waals surface area contributed by atoms with Crippen LogP contribution in [0.15, 0.2) is 0 Å². The Kier molecular flexibility index (Phi) is 12.3. The van der Waals surface area contributed by atoms with Crippen LogP contribution < -0.4 is 10.6 Å². The molecule has 1 rings (SSSR count). The summed E-state index contributed by atoms with van der Waals surface area (Å²) in [4.78, 5) is 25.2. The van der Waals surface area contributed by atoms with E-state index in [1.54, 1.807) is 0 Å². The SMILES string of the molecule is CC(C)COC(=O)NC(CC(C)(C)C(S(=O)[O-])S(=O)[O-])C(=O)NC1CCN(P(=O)(Cl)Cl)CC1. The Morgan fingerprint density at radius 2 is 1.70 bits per heavy atom. The monoisotopic (exact) mass is 569 g/mol. The molecular weight excluding hydrogens is 540 g/mol. The van der Waals surface area contributed by atoms with Gasteiger partial charge in [-0.3, -0.25) is 17.8 Å². The van der Waals surface area contributed by atoms with Gasteiger partial charge in [-0.15, -0.1) is 0 Å². The summed E-state index contributed by atoms with van der Waals surface area (Å²) in [6.45, 7) is 7.06. The molecule has 1 heterocycles. The molecule has 0 aromatic heterocycles. The summed E-state index contributed by atoms with van der Waals surface area (Å²) in [5, 5.41) is 5.17. The lowest BCUT2D eigenvalue weighted by Gasteiger charge is -2.39. The van der Waals surface area contributed by atoms with E-state index in [4.69, 9.17) is 27.2 Å². The van der Waals surface area contributed by atoms with Crippen molar-refractivity contribution in [3.8, 4) is 0 Å². The Morgan fingerprint density at radius 1 is 1.18 bits per heavy atom. The predicted molar refractivity (Wildman–Crippen MR) is 125 cm³/mol. The molecule has 3 atom stereocenters. The Bertz CT molecular complexity index is 776. The van der Waals surface area contributed by atoms with Gasteiger partial charge in [0, 0.05) is 19.1 Å². The normalized spacial score (nSPS) is 20.0. The third kappa shape index (κ3) is 10.5. The van der Waals surface area contributed by atoms with Gasteiger partial charge in [-0.2, -0.15) is 0 Å². The molecule has 0 saturated carbocycles. The van der Waals surface area contributed by atoms with E-state index in [2.05, 4.69) is 10.6 Å². The molecule has 0 aromatic carbocycles. The Labute approximate surface area is 208 Å². The van der Waals surface area contributed by atoms with E-state index in [0.29, 0.717) is 12.8 Å². The quantitative estimate of drug-likeness (QED) is 0.280. The lowest BCUT2D eigenvalue weighted by atomic mass is 9.87. The maximum absolute atomic E-state index is 13.0. The fraction of sp³-hybridized carbons (Fsp3) is 0.882. The topological polar surface area (TPSA) is 168 Å². The molecular formula is C17H30Cl2N3O8PS2-2. The standard InChI is InChI=1S/C17H32Cl2N3O8PS2/c1-11(2)10-30-16(24)21-13(9-17(3,4)15(32(26)27)33(28)29)14(23)20-12-5-7-22(8-6-12)31(18,19)25/h11-13,15H,5-10H2,1-4H3,(H,20,23)(H,21,24)(H,26,27)(H,28,29)/p-2. The first-order chi connectivity index (χ1) is 15.0. The van der Waals surface area contributed by atoms with Crippen molar-refractivity contribution in [2.45, 2.75) is 63.6 Å². The van der Waals surface area contributed by atoms with Gasteiger partial charge < -0.3 is 24.5 Å². The number of carbonyl (C=O) groups is 2. The van der Waals surface area contributed by atoms with Crippen molar-refractivity contribution in [3.63, 3.8) is 0 Å². The number of amides is 2. The molecule has 0 radical (unpaired) electrons. The number of ether oxygens (including phenoxy) is 1. The molecule has 0 bridgehead atoms. The Balaban J connectivity index is 2.96. The number of alkyl carbamates (subject to hydrolysis) is 1. The summed E-state index contributed by atoms with van der Waals surface area (Å²) in [5.41, 5.74) is -1.42. The van der Waals surface area contributed by atoms with Crippen LogP contribution in [0.4, 0.5) is 4.79 Å². The summed E-state index contributed by atoms with van der Waals surface area (Å²) >= 11 is 5.41. The van der Waals surface area contributed by atoms with Crippen LogP contribution in [0.25, 0.3) is 0 Å². The first-order valence-corrected chi connectivity index (χ1v) is 15.9. The number of halogens is 2. The number of hydrogen-bond donors (Lipinski definition) is 2. The summed E-state index contributed by atoms with van der Waals surface area (Å²) in [7, 11) is 0. The number of hydrogen-bond acceptors (Lipinski definition) is 8. The van der Waals surface area contributed by atoms with Gasteiger partial charge in [0.15, 0.2) is 0 Å². The van der Waals surface area contributed by atoms with E-state index in [9.17, 15) is 31.7 Å². The molecule has 16 heteroatoms. The summed E-state index contributed by atoms with van der Waals surface area (Å²) in [5.74, 6) is -4.03. The van der Waals surface area contributed by atoms with Gasteiger partial charge in [-0.25, -0.2) is 9.46 Å². The molecule has 1 aliphatic rings. The molecule has 1 fully saturated rings. The van der Waals surface area contributed by atoms with E-state index < -0.39 is 56.2 Å². The fourth-order valence-electron chi connectivity index (χ4n) is 3.39. The molecule has 3 unspecified atom stereocenters. The lowest BCUT2D eigenvalue weighted by molar-refractivity contribution is -0.124. The van der Waals surface area contributed by atoms with Crippen molar-refractivity contribution in [2.75, 3.05) is 19.7 Å². The average Bonchev–Trinajstić information content (AvgIpc) is 2.64. The number of rotatable bonds is 11. The zero-order valence-corrected chi connectivity index (χ0v) is 22.8. The first-order valence-electron chi connectivity index (χ1n) is 10.2. The molecule has 0 spiro atoms. The second-order valence-corrected chi connectivity index (χ2v) is 15.9. The Morgan fingerprint density at radius 3 is 2.12 bits per heavy atom. The fourth-order valence-corrected chi connectivity index (χ4v) is 6.74. The number of piperidine rings is 1. The van der Waals surface area contributed by atoms with Crippen LogP contribution in [-0.2, 0) is 36.3 Å². The van der Waals surface area contributed by atoms with Gasteiger partial charge in [0.2, 0.25) is 5.91 Å². The maximum Gasteiger partial charge on any atom is 0.407 e. The minimum atomic E-state index is -3.44. The van der Waals surface area contributed by atoms with Crippen LogP contribution in [-0.4, -0.2) is 70.6 Å². The molecule has 11 nitrogen and oxygen atoms in total. The van der Waals surface area contributed by atoms with Gasteiger partial charge in [0.25, 0.3) is 0 Å². The van der Waals surface area contributed by atoms with Gasteiger partial charge >= 0.3 is 12.1 Å². The minimum Gasteiger partial charge on any atom is -0.771 e. The van der Waals surface area contributed by atoms with Crippen LogP contribution >= 0.6 is 28.5 Å². The van der Waals surface area contributed by atoms with Gasteiger partial charge in [-0.05, 0) is 75.2 Å². The van der Waals surface area contributed by atoms with Crippen molar-refractivity contribution in [1.29, 1.82) is 0 Å². The zero-order valence-electron chi connectivity index (χ0n) is 18.8. The average molecular weight is 570 g/mol. The molecule has 194 valence electrons. The van der Waals surface area contributed by atoms with Crippen LogP contribution in [0.2, 0.25) is 0 Å². The molecule has 33 heavy (non-hydrogen) atoms. The highest BCUT2D eigenvalue weighted by molar-refractivity contribution is 8.06. The first kappa shape index (κ1) is 30.8.